The second kappa shape index (κ2) is 4.78. The second-order valence-electron chi connectivity index (χ2n) is 2.93. The normalized spacial score (nSPS) is 10.9. The fraction of sp³-hybridized carbons (Fsp3) is 0.200. The summed E-state index contributed by atoms with van der Waals surface area (Å²) < 4.78 is 39.2. The van der Waals surface area contributed by atoms with E-state index in [1.54, 1.807) is 0 Å². The summed E-state index contributed by atoms with van der Waals surface area (Å²) in [6.45, 7) is -1.64. The van der Waals surface area contributed by atoms with Crippen molar-refractivity contribution >= 4 is 12.3 Å². The Balaban J connectivity index is 2.69. The highest BCUT2D eigenvalue weighted by atomic mass is 19.4. The van der Waals surface area contributed by atoms with Gasteiger partial charge in [0.2, 0.25) is 0 Å². The molecule has 0 saturated heterocycles. The molecule has 0 aliphatic rings. The zero-order valence-corrected chi connectivity index (χ0v) is 7.95. The Labute approximate surface area is 88.8 Å². The van der Waals surface area contributed by atoms with Crippen LogP contribution in [0, 0.1) is 0 Å². The molecule has 0 aliphatic carbocycles. The van der Waals surface area contributed by atoms with Crippen molar-refractivity contribution in [2.45, 2.75) is 6.18 Å². The zero-order valence-electron chi connectivity index (χ0n) is 7.95. The molecular formula is C10H7F3O3. The monoisotopic (exact) mass is 232 g/mol. The van der Waals surface area contributed by atoms with Gasteiger partial charge in [0.25, 0.3) is 0 Å². The highest BCUT2D eigenvalue weighted by molar-refractivity contribution is 5.91. The molecular weight excluding hydrogens is 225 g/mol. The number of halogens is 3. The molecule has 1 aromatic carbocycles. The number of hydrogen-bond acceptors (Lipinski definition) is 3. The van der Waals surface area contributed by atoms with E-state index in [2.05, 4.69) is 4.74 Å². The van der Waals surface area contributed by atoms with Gasteiger partial charge in [-0.05, 0) is 12.1 Å². The molecule has 0 bridgehead atoms. The van der Waals surface area contributed by atoms with Crippen LogP contribution in [0.15, 0.2) is 24.3 Å². The molecule has 0 N–H and O–H groups in total. The molecule has 0 spiro atoms. The number of hydrogen-bond donors (Lipinski definition) is 0. The summed E-state index contributed by atoms with van der Waals surface area (Å²) in [6, 6.07) is 5.23. The minimum atomic E-state index is -4.56. The maximum atomic E-state index is 11.7. The first kappa shape index (κ1) is 12.2. The van der Waals surface area contributed by atoms with Crippen molar-refractivity contribution in [3.05, 3.63) is 35.4 Å². The van der Waals surface area contributed by atoms with Crippen LogP contribution in [0.1, 0.15) is 20.7 Å². The highest BCUT2D eigenvalue weighted by Gasteiger charge is 2.29. The summed E-state index contributed by atoms with van der Waals surface area (Å²) in [6.07, 6.45) is -4.07. The standard InChI is InChI=1S/C10H7F3O3/c11-10(12,13)6-16-9(15)8-3-1-2-7(4-8)5-14/h1-5H,6H2. The minimum absolute atomic E-state index is 0.0890. The summed E-state index contributed by atoms with van der Waals surface area (Å²) in [4.78, 5) is 21.5. The van der Waals surface area contributed by atoms with E-state index >= 15 is 0 Å². The quantitative estimate of drug-likeness (QED) is 0.592. The predicted octanol–water partition coefficient (Wildman–Crippen LogP) is 2.22. The van der Waals surface area contributed by atoms with Crippen LogP contribution in [-0.4, -0.2) is 25.0 Å². The van der Waals surface area contributed by atoms with E-state index in [9.17, 15) is 22.8 Å². The Hall–Kier alpha value is -1.85. The summed E-state index contributed by atoms with van der Waals surface area (Å²) in [7, 11) is 0. The molecule has 0 atom stereocenters. The number of benzene rings is 1. The van der Waals surface area contributed by atoms with E-state index in [0.29, 0.717) is 6.29 Å². The van der Waals surface area contributed by atoms with Crippen LogP contribution >= 0.6 is 0 Å². The van der Waals surface area contributed by atoms with Crippen LogP contribution in [0.3, 0.4) is 0 Å². The summed E-state index contributed by atoms with van der Waals surface area (Å²) in [5.74, 6) is -1.11. The van der Waals surface area contributed by atoms with Gasteiger partial charge in [0.1, 0.15) is 6.29 Å². The molecule has 6 heteroatoms. The summed E-state index contributed by atoms with van der Waals surface area (Å²) >= 11 is 0. The van der Waals surface area contributed by atoms with E-state index in [4.69, 9.17) is 0 Å². The van der Waals surface area contributed by atoms with Crippen LogP contribution in [0.4, 0.5) is 13.2 Å². The number of carbonyl (C=O) groups is 2. The molecule has 0 aromatic heterocycles. The first-order chi connectivity index (χ1) is 7.42. The molecule has 0 heterocycles. The molecule has 0 saturated carbocycles. The third kappa shape index (κ3) is 3.72. The minimum Gasteiger partial charge on any atom is -0.452 e. The average molecular weight is 232 g/mol. The Morgan fingerprint density at radius 1 is 1.38 bits per heavy atom. The van der Waals surface area contributed by atoms with Crippen LogP contribution < -0.4 is 0 Å². The van der Waals surface area contributed by atoms with Gasteiger partial charge >= 0.3 is 12.1 Å². The smallest absolute Gasteiger partial charge is 0.422 e. The first-order valence-corrected chi connectivity index (χ1v) is 4.21. The van der Waals surface area contributed by atoms with Crippen LogP contribution in [-0.2, 0) is 4.74 Å². The van der Waals surface area contributed by atoms with E-state index in [1.165, 1.54) is 18.2 Å². The molecule has 1 rings (SSSR count). The van der Waals surface area contributed by atoms with Gasteiger partial charge in [-0.1, -0.05) is 12.1 Å². The zero-order chi connectivity index (χ0) is 12.2. The third-order valence-corrected chi connectivity index (χ3v) is 1.63. The van der Waals surface area contributed by atoms with Crippen LogP contribution in [0.25, 0.3) is 0 Å². The number of ether oxygens (including phenoxy) is 1. The maximum absolute atomic E-state index is 11.7. The molecule has 0 radical (unpaired) electrons. The topological polar surface area (TPSA) is 43.4 Å². The molecule has 86 valence electrons. The Kier molecular flexibility index (Phi) is 3.65. The molecule has 0 aliphatic heterocycles. The lowest BCUT2D eigenvalue weighted by Gasteiger charge is -2.07. The third-order valence-electron chi connectivity index (χ3n) is 1.63. The van der Waals surface area contributed by atoms with Crippen LogP contribution in [0.5, 0.6) is 0 Å². The van der Waals surface area contributed by atoms with Gasteiger partial charge < -0.3 is 4.74 Å². The van der Waals surface area contributed by atoms with Gasteiger partial charge in [0, 0.05) is 5.56 Å². The fourth-order valence-corrected chi connectivity index (χ4v) is 0.970. The number of rotatable bonds is 3. The lowest BCUT2D eigenvalue weighted by Crippen LogP contribution is -2.20. The SMILES string of the molecule is O=Cc1cccc(C(=O)OCC(F)(F)F)c1. The number of carbonyl (C=O) groups excluding carboxylic acids is 2. The largest absolute Gasteiger partial charge is 0.452 e. The van der Waals surface area contributed by atoms with Crippen LogP contribution in [0.2, 0.25) is 0 Å². The lowest BCUT2D eigenvalue weighted by molar-refractivity contribution is -0.161. The number of alkyl halides is 3. The number of aldehydes is 1. The van der Waals surface area contributed by atoms with Gasteiger partial charge in [-0.3, -0.25) is 4.79 Å². The fourth-order valence-electron chi connectivity index (χ4n) is 0.970. The average Bonchev–Trinajstić information content (AvgIpc) is 2.25. The van der Waals surface area contributed by atoms with Crippen molar-refractivity contribution in [3.63, 3.8) is 0 Å². The van der Waals surface area contributed by atoms with E-state index in [0.717, 1.165) is 6.07 Å². The Bertz CT molecular complexity index is 399. The van der Waals surface area contributed by atoms with Crippen molar-refractivity contribution in [2.24, 2.45) is 0 Å². The molecule has 0 fully saturated rings. The lowest BCUT2D eigenvalue weighted by atomic mass is 10.1. The van der Waals surface area contributed by atoms with Crippen molar-refractivity contribution in [2.75, 3.05) is 6.61 Å². The molecule has 1 aromatic rings. The van der Waals surface area contributed by atoms with Gasteiger partial charge in [0.15, 0.2) is 6.61 Å². The van der Waals surface area contributed by atoms with E-state index < -0.39 is 18.8 Å². The van der Waals surface area contributed by atoms with Crippen molar-refractivity contribution in [1.29, 1.82) is 0 Å². The molecule has 16 heavy (non-hydrogen) atoms. The second-order valence-corrected chi connectivity index (χ2v) is 2.93. The van der Waals surface area contributed by atoms with Gasteiger partial charge in [0.05, 0.1) is 5.56 Å². The molecule has 0 amide bonds. The predicted molar refractivity (Wildman–Crippen MR) is 48.2 cm³/mol. The van der Waals surface area contributed by atoms with Gasteiger partial charge in [-0.15, -0.1) is 0 Å². The van der Waals surface area contributed by atoms with E-state index in [-0.39, 0.29) is 11.1 Å². The summed E-state index contributed by atoms with van der Waals surface area (Å²) in [5.41, 5.74) is 0.107. The highest BCUT2D eigenvalue weighted by Crippen LogP contribution is 2.15. The summed E-state index contributed by atoms with van der Waals surface area (Å²) in [5, 5.41) is 0. The Morgan fingerprint density at radius 2 is 2.06 bits per heavy atom. The molecule has 3 nitrogen and oxygen atoms in total. The van der Waals surface area contributed by atoms with Gasteiger partial charge in [-0.25, -0.2) is 4.79 Å². The number of esters is 1. The Morgan fingerprint density at radius 3 is 2.62 bits per heavy atom. The molecule has 0 unspecified atom stereocenters. The first-order valence-electron chi connectivity index (χ1n) is 4.21. The van der Waals surface area contributed by atoms with E-state index in [1.807, 2.05) is 0 Å². The van der Waals surface area contributed by atoms with Crippen molar-refractivity contribution in [3.8, 4) is 0 Å². The van der Waals surface area contributed by atoms with Gasteiger partial charge in [-0.2, -0.15) is 13.2 Å². The van der Waals surface area contributed by atoms with Crippen molar-refractivity contribution < 1.29 is 27.5 Å². The van der Waals surface area contributed by atoms with Crippen molar-refractivity contribution in [1.82, 2.24) is 0 Å². The maximum Gasteiger partial charge on any atom is 0.422 e.